The highest BCUT2D eigenvalue weighted by atomic mass is 35.5. The lowest BCUT2D eigenvalue weighted by Crippen LogP contribution is -2.30. The van der Waals surface area contributed by atoms with Gasteiger partial charge in [0.25, 0.3) is 11.5 Å². The van der Waals surface area contributed by atoms with Gasteiger partial charge in [0.15, 0.2) is 5.69 Å². The molecule has 0 bridgehead atoms. The number of nitrogens with zero attached hydrogens (tertiary/aromatic N) is 4. The standard InChI is InChI=1S/C21H24N6O2.ClH/c1-15-19(24-25-27(15)17-9-11-22-12-10-17)20(28)23-18-8-5-13-26(21(18)29)14-16-6-3-2-4-7-16;/h2-8,13,17,22H,9-12,14H2,1H3,(H,23,28);1H. The molecule has 3 heterocycles. The molecule has 0 spiro atoms. The van der Waals surface area contributed by atoms with E-state index < -0.39 is 5.91 Å². The van der Waals surface area contributed by atoms with E-state index in [4.69, 9.17) is 0 Å². The van der Waals surface area contributed by atoms with E-state index in [0.717, 1.165) is 37.2 Å². The number of carbonyl (C=O) groups is 1. The molecule has 0 saturated carbocycles. The van der Waals surface area contributed by atoms with Crippen LogP contribution in [-0.2, 0) is 6.54 Å². The first-order valence-electron chi connectivity index (χ1n) is 9.80. The predicted molar refractivity (Wildman–Crippen MR) is 117 cm³/mol. The average Bonchev–Trinajstić information content (AvgIpc) is 3.14. The first-order chi connectivity index (χ1) is 14.1. The van der Waals surface area contributed by atoms with Crippen LogP contribution < -0.4 is 16.2 Å². The number of anilines is 1. The van der Waals surface area contributed by atoms with E-state index in [0.29, 0.717) is 6.54 Å². The van der Waals surface area contributed by atoms with E-state index in [1.54, 1.807) is 22.9 Å². The van der Waals surface area contributed by atoms with Crippen molar-refractivity contribution in [2.75, 3.05) is 18.4 Å². The van der Waals surface area contributed by atoms with E-state index in [-0.39, 0.29) is 35.4 Å². The Hall–Kier alpha value is -2.97. The second-order valence-corrected chi connectivity index (χ2v) is 7.24. The van der Waals surface area contributed by atoms with Crippen molar-refractivity contribution >= 4 is 24.0 Å². The van der Waals surface area contributed by atoms with Crippen LogP contribution in [0.25, 0.3) is 0 Å². The first kappa shape index (κ1) is 21.7. The Morgan fingerprint density at radius 3 is 2.63 bits per heavy atom. The Kier molecular flexibility index (Phi) is 7.02. The van der Waals surface area contributed by atoms with Crippen molar-refractivity contribution in [1.29, 1.82) is 0 Å². The Balaban J connectivity index is 0.00000256. The number of piperidine rings is 1. The average molecular weight is 429 g/mol. The second-order valence-electron chi connectivity index (χ2n) is 7.24. The molecule has 1 aromatic carbocycles. The van der Waals surface area contributed by atoms with Crippen molar-refractivity contribution < 1.29 is 4.79 Å². The van der Waals surface area contributed by atoms with Crippen molar-refractivity contribution in [3.63, 3.8) is 0 Å². The minimum absolute atomic E-state index is 0. The highest BCUT2D eigenvalue weighted by molar-refractivity contribution is 6.03. The summed E-state index contributed by atoms with van der Waals surface area (Å²) in [5.41, 5.74) is 1.95. The predicted octanol–water partition coefficient (Wildman–Crippen LogP) is 2.40. The van der Waals surface area contributed by atoms with E-state index in [1.807, 2.05) is 41.9 Å². The zero-order valence-corrected chi connectivity index (χ0v) is 17.6. The van der Waals surface area contributed by atoms with Gasteiger partial charge in [-0.15, -0.1) is 17.5 Å². The van der Waals surface area contributed by atoms with Gasteiger partial charge in [0.1, 0.15) is 5.69 Å². The number of pyridine rings is 1. The molecule has 2 aromatic heterocycles. The van der Waals surface area contributed by atoms with Gasteiger partial charge in [-0.2, -0.15) is 0 Å². The minimum atomic E-state index is -0.419. The molecule has 1 fully saturated rings. The van der Waals surface area contributed by atoms with Crippen molar-refractivity contribution in [2.24, 2.45) is 0 Å². The number of benzene rings is 1. The highest BCUT2D eigenvalue weighted by Crippen LogP contribution is 2.20. The number of halogens is 1. The molecule has 158 valence electrons. The fraction of sp³-hybridized carbons (Fsp3) is 0.333. The molecule has 2 N–H and O–H groups in total. The Morgan fingerprint density at radius 2 is 1.90 bits per heavy atom. The monoisotopic (exact) mass is 428 g/mol. The maximum Gasteiger partial charge on any atom is 0.278 e. The lowest BCUT2D eigenvalue weighted by atomic mass is 10.1. The van der Waals surface area contributed by atoms with Gasteiger partial charge in [-0.05, 0) is 50.6 Å². The second kappa shape index (κ2) is 9.69. The van der Waals surface area contributed by atoms with Crippen LogP contribution in [0.1, 0.15) is 40.6 Å². The molecule has 30 heavy (non-hydrogen) atoms. The highest BCUT2D eigenvalue weighted by Gasteiger charge is 2.23. The fourth-order valence-electron chi connectivity index (χ4n) is 3.67. The molecular weight excluding hydrogens is 404 g/mol. The third-order valence-corrected chi connectivity index (χ3v) is 5.26. The van der Waals surface area contributed by atoms with E-state index in [2.05, 4.69) is 20.9 Å². The summed E-state index contributed by atoms with van der Waals surface area (Å²) >= 11 is 0. The van der Waals surface area contributed by atoms with Gasteiger partial charge in [-0.1, -0.05) is 35.5 Å². The van der Waals surface area contributed by atoms with Crippen LogP contribution in [0, 0.1) is 6.92 Å². The number of rotatable bonds is 5. The molecule has 0 unspecified atom stereocenters. The lowest BCUT2D eigenvalue weighted by molar-refractivity contribution is 0.102. The molecule has 0 radical (unpaired) electrons. The van der Waals surface area contributed by atoms with Crippen molar-refractivity contribution in [1.82, 2.24) is 24.9 Å². The largest absolute Gasteiger partial charge is 0.317 e. The molecule has 9 heteroatoms. The quantitative estimate of drug-likeness (QED) is 0.650. The zero-order valence-electron chi connectivity index (χ0n) is 16.7. The molecular formula is C21H25ClN6O2. The maximum absolute atomic E-state index is 12.8. The molecule has 3 aromatic rings. The van der Waals surface area contributed by atoms with Crippen molar-refractivity contribution in [3.8, 4) is 0 Å². The van der Waals surface area contributed by atoms with Crippen molar-refractivity contribution in [3.05, 3.63) is 76.0 Å². The number of hydrogen-bond acceptors (Lipinski definition) is 5. The summed E-state index contributed by atoms with van der Waals surface area (Å²) in [6.45, 7) is 4.14. The summed E-state index contributed by atoms with van der Waals surface area (Å²) in [5.74, 6) is -0.419. The van der Waals surface area contributed by atoms with Gasteiger partial charge < -0.3 is 15.2 Å². The smallest absolute Gasteiger partial charge is 0.278 e. The fourth-order valence-corrected chi connectivity index (χ4v) is 3.67. The zero-order chi connectivity index (χ0) is 20.2. The number of nitrogens with one attached hydrogen (secondary N) is 2. The third-order valence-electron chi connectivity index (χ3n) is 5.26. The van der Waals surface area contributed by atoms with Crippen LogP contribution in [0.15, 0.2) is 53.5 Å². The van der Waals surface area contributed by atoms with Gasteiger partial charge in [0.05, 0.1) is 18.3 Å². The maximum atomic E-state index is 12.8. The lowest BCUT2D eigenvalue weighted by Gasteiger charge is -2.23. The summed E-state index contributed by atoms with van der Waals surface area (Å²) in [4.78, 5) is 25.5. The third kappa shape index (κ3) is 4.60. The topological polar surface area (TPSA) is 93.8 Å². The van der Waals surface area contributed by atoms with Gasteiger partial charge in [-0.25, -0.2) is 4.68 Å². The van der Waals surface area contributed by atoms with E-state index >= 15 is 0 Å². The van der Waals surface area contributed by atoms with E-state index in [9.17, 15) is 9.59 Å². The van der Waals surface area contributed by atoms with Crippen molar-refractivity contribution in [2.45, 2.75) is 32.4 Å². The number of aromatic nitrogens is 4. The molecule has 4 rings (SSSR count). The molecule has 0 aliphatic carbocycles. The summed E-state index contributed by atoms with van der Waals surface area (Å²) in [6, 6.07) is 13.3. The summed E-state index contributed by atoms with van der Waals surface area (Å²) in [6.07, 6.45) is 3.62. The van der Waals surface area contributed by atoms with Crippen LogP contribution in [0.5, 0.6) is 0 Å². The molecule has 1 aliphatic rings. The summed E-state index contributed by atoms with van der Waals surface area (Å²) in [5, 5.41) is 14.3. The van der Waals surface area contributed by atoms with Crippen LogP contribution in [0.4, 0.5) is 5.69 Å². The Labute approximate surface area is 180 Å². The molecule has 8 nitrogen and oxygen atoms in total. The normalized spacial score (nSPS) is 14.2. The van der Waals surface area contributed by atoms with Crippen LogP contribution in [-0.4, -0.2) is 38.6 Å². The molecule has 1 amide bonds. The Morgan fingerprint density at radius 1 is 1.17 bits per heavy atom. The van der Waals surface area contributed by atoms with Gasteiger partial charge in [0.2, 0.25) is 0 Å². The van der Waals surface area contributed by atoms with Gasteiger partial charge in [0, 0.05) is 6.20 Å². The SMILES string of the molecule is Cc1c(C(=O)Nc2cccn(Cc3ccccc3)c2=O)nnn1C1CCNCC1.Cl. The van der Waals surface area contributed by atoms with E-state index in [1.165, 1.54) is 0 Å². The van der Waals surface area contributed by atoms with Gasteiger partial charge in [-0.3, -0.25) is 9.59 Å². The minimum Gasteiger partial charge on any atom is -0.317 e. The number of amides is 1. The number of carbonyl (C=O) groups excluding carboxylic acids is 1. The number of hydrogen-bond donors (Lipinski definition) is 2. The molecule has 1 saturated heterocycles. The van der Waals surface area contributed by atoms with Crippen LogP contribution in [0.3, 0.4) is 0 Å². The summed E-state index contributed by atoms with van der Waals surface area (Å²) < 4.78 is 3.40. The molecule has 1 aliphatic heterocycles. The van der Waals surface area contributed by atoms with Crippen LogP contribution in [0.2, 0.25) is 0 Å². The first-order valence-corrected chi connectivity index (χ1v) is 9.80. The summed E-state index contributed by atoms with van der Waals surface area (Å²) in [7, 11) is 0. The Bertz CT molecular complexity index is 1060. The van der Waals surface area contributed by atoms with Gasteiger partial charge >= 0.3 is 0 Å². The van der Waals surface area contributed by atoms with Crippen LogP contribution >= 0.6 is 12.4 Å². The molecule has 0 atom stereocenters.